The van der Waals surface area contributed by atoms with Crippen molar-refractivity contribution >= 4 is 22.7 Å². The van der Waals surface area contributed by atoms with E-state index in [4.69, 9.17) is 9.47 Å². The van der Waals surface area contributed by atoms with E-state index in [0.717, 1.165) is 18.4 Å². The van der Waals surface area contributed by atoms with Gasteiger partial charge in [-0.1, -0.05) is 56.3 Å². The fourth-order valence-corrected chi connectivity index (χ4v) is 3.67. The lowest BCUT2D eigenvalue weighted by Gasteiger charge is -2.23. The molecule has 0 aromatic heterocycles. The van der Waals surface area contributed by atoms with Crippen molar-refractivity contribution in [2.24, 2.45) is 10.8 Å². The maximum absolute atomic E-state index is 12.3. The van der Waals surface area contributed by atoms with E-state index in [2.05, 4.69) is 30.3 Å². The maximum atomic E-state index is 12.3. The molecular formula is C30H36O5. The molecule has 4 rings (SSSR count). The molecule has 5 heteroatoms. The Morgan fingerprint density at radius 2 is 1.49 bits per heavy atom. The first-order valence-corrected chi connectivity index (χ1v) is 12.2. The van der Waals surface area contributed by atoms with E-state index in [9.17, 15) is 14.7 Å². The fraction of sp³-hybridized carbons (Fsp3) is 0.400. The number of esters is 2. The third-order valence-corrected chi connectivity index (χ3v) is 6.93. The standard InChI is InChI=1S/C18H20O2.C12H16O3/c1-4-18(2,3)17(19)20-15-11-13-9-5-7-12-8-6-10-14(15)16(12)13;1-4-12(2,3)11(14)15-10-7-5-6-9(13)8-10/h5-10,15H,4,11H2,1-3H3;5-8,13H,4H2,1-3H3. The zero-order valence-corrected chi connectivity index (χ0v) is 21.6. The minimum atomic E-state index is -0.495. The van der Waals surface area contributed by atoms with E-state index in [0.29, 0.717) is 12.2 Å². The van der Waals surface area contributed by atoms with E-state index < -0.39 is 10.8 Å². The van der Waals surface area contributed by atoms with Crippen LogP contribution in [0.2, 0.25) is 0 Å². The smallest absolute Gasteiger partial charge is 0.316 e. The van der Waals surface area contributed by atoms with Crippen LogP contribution in [0.1, 0.15) is 71.6 Å². The number of hydrogen-bond donors (Lipinski definition) is 1. The second kappa shape index (κ2) is 10.5. The largest absolute Gasteiger partial charge is 0.508 e. The van der Waals surface area contributed by atoms with Gasteiger partial charge in [0.05, 0.1) is 10.8 Å². The number of ether oxygens (including phenoxy) is 2. The molecule has 0 spiro atoms. The van der Waals surface area contributed by atoms with E-state index in [-0.39, 0.29) is 23.8 Å². The van der Waals surface area contributed by atoms with Gasteiger partial charge in [-0.05, 0) is 69.0 Å². The van der Waals surface area contributed by atoms with Crippen LogP contribution in [0.3, 0.4) is 0 Å². The van der Waals surface area contributed by atoms with Gasteiger partial charge in [-0.25, -0.2) is 0 Å². The third kappa shape index (κ3) is 6.02. The van der Waals surface area contributed by atoms with E-state index in [1.54, 1.807) is 12.1 Å². The Morgan fingerprint density at radius 3 is 2.11 bits per heavy atom. The SMILES string of the molecule is CCC(C)(C)C(=O)OC1Cc2cccc3cccc1c23.CCC(C)(C)C(=O)Oc1cccc(O)c1. The highest BCUT2D eigenvalue weighted by molar-refractivity contribution is 5.91. The molecule has 0 radical (unpaired) electrons. The molecule has 0 aliphatic heterocycles. The van der Waals surface area contributed by atoms with Crippen molar-refractivity contribution in [1.82, 2.24) is 0 Å². The molecule has 0 saturated heterocycles. The summed E-state index contributed by atoms with van der Waals surface area (Å²) >= 11 is 0. The van der Waals surface area contributed by atoms with Gasteiger partial charge in [-0.3, -0.25) is 9.59 Å². The van der Waals surface area contributed by atoms with E-state index in [1.165, 1.54) is 28.5 Å². The maximum Gasteiger partial charge on any atom is 0.316 e. The highest BCUT2D eigenvalue weighted by Crippen LogP contribution is 2.40. The summed E-state index contributed by atoms with van der Waals surface area (Å²) in [4.78, 5) is 24.0. The number of benzene rings is 3. The molecule has 1 aliphatic rings. The average Bonchev–Trinajstić information content (AvgIpc) is 3.18. The van der Waals surface area contributed by atoms with Crippen molar-refractivity contribution < 1.29 is 24.2 Å². The summed E-state index contributed by atoms with van der Waals surface area (Å²) in [6.45, 7) is 11.5. The lowest BCUT2D eigenvalue weighted by atomic mass is 9.90. The molecule has 0 saturated carbocycles. The Hall–Kier alpha value is -3.34. The summed E-state index contributed by atoms with van der Waals surface area (Å²) < 4.78 is 11.0. The van der Waals surface area contributed by atoms with Gasteiger partial charge in [-0.2, -0.15) is 0 Å². The Bertz CT molecular complexity index is 1200. The van der Waals surface area contributed by atoms with Gasteiger partial charge in [0.2, 0.25) is 0 Å². The van der Waals surface area contributed by atoms with Gasteiger partial charge in [0.15, 0.2) is 0 Å². The summed E-state index contributed by atoms with van der Waals surface area (Å²) in [5, 5.41) is 11.7. The van der Waals surface area contributed by atoms with Crippen LogP contribution >= 0.6 is 0 Å². The van der Waals surface area contributed by atoms with Crippen LogP contribution < -0.4 is 4.74 Å². The molecule has 5 nitrogen and oxygen atoms in total. The normalized spacial score (nSPS) is 14.7. The van der Waals surface area contributed by atoms with Gasteiger partial charge in [-0.15, -0.1) is 0 Å². The fourth-order valence-electron chi connectivity index (χ4n) is 3.67. The van der Waals surface area contributed by atoms with Crippen LogP contribution in [0, 0.1) is 10.8 Å². The van der Waals surface area contributed by atoms with Crippen LogP contribution in [-0.2, 0) is 20.7 Å². The number of carbonyl (C=O) groups excluding carboxylic acids is 2. The minimum absolute atomic E-state index is 0.0922. The van der Waals surface area contributed by atoms with Crippen molar-refractivity contribution in [2.45, 2.75) is 66.9 Å². The zero-order valence-electron chi connectivity index (χ0n) is 21.6. The molecule has 0 bridgehead atoms. The molecule has 1 aliphatic carbocycles. The van der Waals surface area contributed by atoms with Crippen LogP contribution in [-0.4, -0.2) is 17.0 Å². The van der Waals surface area contributed by atoms with Crippen molar-refractivity contribution in [3.05, 3.63) is 71.8 Å². The summed E-state index contributed by atoms with van der Waals surface area (Å²) in [7, 11) is 0. The van der Waals surface area contributed by atoms with Crippen LogP contribution in [0.5, 0.6) is 11.5 Å². The first kappa shape index (κ1) is 26.3. The summed E-state index contributed by atoms with van der Waals surface area (Å²) in [6.07, 6.45) is 2.16. The average molecular weight is 477 g/mol. The van der Waals surface area contributed by atoms with Crippen LogP contribution in [0.4, 0.5) is 0 Å². The lowest BCUT2D eigenvalue weighted by molar-refractivity contribution is -0.160. The number of phenols is 1. The number of rotatable bonds is 6. The molecular weight excluding hydrogens is 440 g/mol. The van der Waals surface area contributed by atoms with Gasteiger partial charge >= 0.3 is 11.9 Å². The van der Waals surface area contributed by atoms with Gasteiger partial charge in [0, 0.05) is 18.1 Å². The van der Waals surface area contributed by atoms with Crippen molar-refractivity contribution in [2.75, 3.05) is 0 Å². The molecule has 1 unspecified atom stereocenters. The third-order valence-electron chi connectivity index (χ3n) is 6.93. The number of hydrogen-bond acceptors (Lipinski definition) is 5. The topological polar surface area (TPSA) is 72.8 Å². The Labute approximate surface area is 208 Å². The quantitative estimate of drug-likeness (QED) is 0.302. The monoisotopic (exact) mass is 476 g/mol. The lowest BCUT2D eigenvalue weighted by Crippen LogP contribution is -2.28. The predicted molar refractivity (Wildman–Crippen MR) is 138 cm³/mol. The van der Waals surface area contributed by atoms with Gasteiger partial charge in [0.25, 0.3) is 0 Å². The highest BCUT2D eigenvalue weighted by atomic mass is 16.5. The molecule has 0 heterocycles. The number of phenolic OH excluding ortho intramolecular Hbond substituents is 1. The molecule has 186 valence electrons. The highest BCUT2D eigenvalue weighted by Gasteiger charge is 2.33. The zero-order chi connectivity index (χ0) is 25.8. The van der Waals surface area contributed by atoms with Crippen LogP contribution in [0.15, 0.2) is 60.7 Å². The Balaban J connectivity index is 0.000000205. The second-order valence-corrected chi connectivity index (χ2v) is 10.3. The molecule has 3 aromatic rings. The summed E-state index contributed by atoms with van der Waals surface area (Å²) in [6, 6.07) is 18.8. The van der Waals surface area contributed by atoms with Crippen molar-refractivity contribution in [3.8, 4) is 11.5 Å². The first-order valence-electron chi connectivity index (χ1n) is 12.2. The molecule has 3 aromatic carbocycles. The van der Waals surface area contributed by atoms with E-state index >= 15 is 0 Å². The predicted octanol–water partition coefficient (Wildman–Crippen LogP) is 7.15. The molecule has 1 N–H and O–H groups in total. The Kier molecular flexibility index (Phi) is 7.89. The first-order chi connectivity index (χ1) is 16.5. The summed E-state index contributed by atoms with van der Waals surface area (Å²) in [5.41, 5.74) is 1.53. The van der Waals surface area contributed by atoms with Gasteiger partial charge in [0.1, 0.15) is 17.6 Å². The second-order valence-electron chi connectivity index (χ2n) is 10.3. The van der Waals surface area contributed by atoms with Crippen molar-refractivity contribution in [1.29, 1.82) is 0 Å². The molecule has 0 fully saturated rings. The molecule has 0 amide bonds. The minimum Gasteiger partial charge on any atom is -0.508 e. The number of aromatic hydroxyl groups is 1. The molecule has 35 heavy (non-hydrogen) atoms. The number of carbonyl (C=O) groups is 2. The van der Waals surface area contributed by atoms with Crippen LogP contribution in [0.25, 0.3) is 10.8 Å². The summed E-state index contributed by atoms with van der Waals surface area (Å²) in [5.74, 6) is 0.0848. The van der Waals surface area contributed by atoms with E-state index in [1.807, 2.05) is 47.6 Å². The Morgan fingerprint density at radius 1 is 0.886 bits per heavy atom. The van der Waals surface area contributed by atoms with Crippen molar-refractivity contribution in [3.63, 3.8) is 0 Å². The molecule has 1 atom stereocenters. The van der Waals surface area contributed by atoms with Gasteiger partial charge < -0.3 is 14.6 Å².